The van der Waals surface area contributed by atoms with Gasteiger partial charge in [-0.15, -0.1) is 0 Å². The SMILES string of the molecule is CCCn1c(-c2ccc(N)cc2F)nc2cc(Br)ccc21. The first kappa shape index (κ1) is 14.1. The molecule has 3 aromatic rings. The molecule has 3 nitrogen and oxygen atoms in total. The minimum Gasteiger partial charge on any atom is -0.399 e. The first-order chi connectivity index (χ1) is 10.1. The van der Waals surface area contributed by atoms with Crippen molar-refractivity contribution in [2.24, 2.45) is 0 Å². The third kappa shape index (κ3) is 2.53. The zero-order valence-electron chi connectivity index (χ0n) is 11.6. The molecule has 3 rings (SSSR count). The average molecular weight is 348 g/mol. The van der Waals surface area contributed by atoms with Gasteiger partial charge in [-0.2, -0.15) is 0 Å². The highest BCUT2D eigenvalue weighted by Crippen LogP contribution is 2.29. The molecule has 0 aliphatic heterocycles. The number of hydrogen-bond donors (Lipinski definition) is 1. The summed E-state index contributed by atoms with van der Waals surface area (Å²) < 4.78 is 17.2. The molecule has 0 radical (unpaired) electrons. The average Bonchev–Trinajstić information content (AvgIpc) is 2.77. The van der Waals surface area contributed by atoms with E-state index in [9.17, 15) is 4.39 Å². The summed E-state index contributed by atoms with van der Waals surface area (Å²) in [4.78, 5) is 4.61. The highest BCUT2D eigenvalue weighted by molar-refractivity contribution is 9.10. The molecule has 0 saturated heterocycles. The van der Waals surface area contributed by atoms with E-state index in [0.29, 0.717) is 17.1 Å². The molecule has 0 saturated carbocycles. The number of aryl methyl sites for hydroxylation is 1. The molecule has 108 valence electrons. The Morgan fingerprint density at radius 3 is 2.76 bits per heavy atom. The van der Waals surface area contributed by atoms with Crippen LogP contribution in [0.1, 0.15) is 13.3 Å². The fourth-order valence-corrected chi connectivity index (χ4v) is 2.82. The first-order valence-electron chi connectivity index (χ1n) is 6.81. The molecule has 0 unspecified atom stereocenters. The van der Waals surface area contributed by atoms with Gasteiger partial charge in [0.15, 0.2) is 0 Å². The largest absolute Gasteiger partial charge is 0.399 e. The predicted molar refractivity (Wildman–Crippen MR) is 87.5 cm³/mol. The Hall–Kier alpha value is -1.88. The van der Waals surface area contributed by atoms with Crippen molar-refractivity contribution >= 4 is 32.7 Å². The fourth-order valence-electron chi connectivity index (χ4n) is 2.47. The summed E-state index contributed by atoms with van der Waals surface area (Å²) in [6.45, 7) is 2.88. The van der Waals surface area contributed by atoms with E-state index in [4.69, 9.17) is 5.73 Å². The van der Waals surface area contributed by atoms with Gasteiger partial charge in [-0.05, 0) is 42.8 Å². The second-order valence-corrected chi connectivity index (χ2v) is 5.88. The van der Waals surface area contributed by atoms with Crippen molar-refractivity contribution in [3.8, 4) is 11.4 Å². The Morgan fingerprint density at radius 1 is 1.24 bits per heavy atom. The lowest BCUT2D eigenvalue weighted by Crippen LogP contribution is -2.01. The van der Waals surface area contributed by atoms with Crippen LogP contribution < -0.4 is 5.73 Å². The molecule has 0 amide bonds. The Labute approximate surface area is 130 Å². The second kappa shape index (κ2) is 5.48. The van der Waals surface area contributed by atoms with Crippen LogP contribution in [0.15, 0.2) is 40.9 Å². The van der Waals surface area contributed by atoms with E-state index in [-0.39, 0.29) is 5.82 Å². The lowest BCUT2D eigenvalue weighted by atomic mass is 10.2. The molecular formula is C16H15BrFN3. The standard InChI is InChI=1S/C16H15BrFN3/c1-2-7-21-15-6-3-10(17)8-14(15)20-16(21)12-5-4-11(19)9-13(12)18/h3-6,8-9H,2,7,19H2,1H3. The number of halogens is 2. The summed E-state index contributed by atoms with van der Waals surface area (Å²) in [6.07, 6.45) is 0.950. The van der Waals surface area contributed by atoms with E-state index < -0.39 is 0 Å². The van der Waals surface area contributed by atoms with Crippen LogP contribution in [-0.4, -0.2) is 9.55 Å². The zero-order chi connectivity index (χ0) is 15.0. The molecule has 1 aromatic heterocycles. The van der Waals surface area contributed by atoms with Crippen molar-refractivity contribution in [1.29, 1.82) is 0 Å². The third-order valence-electron chi connectivity index (χ3n) is 3.39. The van der Waals surface area contributed by atoms with Crippen molar-refractivity contribution in [2.75, 3.05) is 5.73 Å². The van der Waals surface area contributed by atoms with Crippen molar-refractivity contribution < 1.29 is 4.39 Å². The summed E-state index contributed by atoms with van der Waals surface area (Å²) >= 11 is 3.45. The van der Waals surface area contributed by atoms with E-state index in [1.807, 2.05) is 18.2 Å². The highest BCUT2D eigenvalue weighted by atomic mass is 79.9. The van der Waals surface area contributed by atoms with Gasteiger partial charge in [-0.3, -0.25) is 0 Å². The van der Waals surface area contributed by atoms with Crippen LogP contribution in [0.4, 0.5) is 10.1 Å². The van der Waals surface area contributed by atoms with Gasteiger partial charge in [0.2, 0.25) is 0 Å². The number of rotatable bonds is 3. The highest BCUT2D eigenvalue weighted by Gasteiger charge is 2.15. The topological polar surface area (TPSA) is 43.8 Å². The second-order valence-electron chi connectivity index (χ2n) is 4.96. The van der Waals surface area contributed by atoms with E-state index in [1.165, 1.54) is 6.07 Å². The van der Waals surface area contributed by atoms with Gasteiger partial charge in [-0.1, -0.05) is 22.9 Å². The van der Waals surface area contributed by atoms with Gasteiger partial charge >= 0.3 is 0 Å². The number of hydrogen-bond acceptors (Lipinski definition) is 2. The van der Waals surface area contributed by atoms with Gasteiger partial charge in [0, 0.05) is 16.7 Å². The van der Waals surface area contributed by atoms with Crippen LogP contribution in [0.25, 0.3) is 22.4 Å². The minimum absolute atomic E-state index is 0.346. The van der Waals surface area contributed by atoms with Crippen molar-refractivity contribution in [3.63, 3.8) is 0 Å². The molecule has 0 atom stereocenters. The first-order valence-corrected chi connectivity index (χ1v) is 7.60. The number of benzene rings is 2. The van der Waals surface area contributed by atoms with E-state index in [1.54, 1.807) is 12.1 Å². The Bertz CT molecular complexity index is 811. The zero-order valence-corrected chi connectivity index (χ0v) is 13.2. The maximum Gasteiger partial charge on any atom is 0.144 e. The molecule has 0 spiro atoms. The van der Waals surface area contributed by atoms with Crippen molar-refractivity contribution in [2.45, 2.75) is 19.9 Å². The molecule has 2 N–H and O–H groups in total. The minimum atomic E-state index is -0.346. The molecule has 0 aliphatic rings. The number of nitrogen functional groups attached to an aromatic ring is 1. The van der Waals surface area contributed by atoms with Gasteiger partial charge < -0.3 is 10.3 Å². The summed E-state index contributed by atoms with van der Waals surface area (Å²) in [5.41, 5.74) is 8.37. The Kier molecular flexibility index (Phi) is 3.68. The number of imidazole rings is 1. The van der Waals surface area contributed by atoms with Gasteiger partial charge in [0.25, 0.3) is 0 Å². The number of aromatic nitrogens is 2. The fraction of sp³-hybridized carbons (Fsp3) is 0.188. The van der Waals surface area contributed by atoms with Crippen LogP contribution in [0.5, 0.6) is 0 Å². The van der Waals surface area contributed by atoms with Gasteiger partial charge in [-0.25, -0.2) is 9.37 Å². The molecule has 1 heterocycles. The molecule has 0 fully saturated rings. The quantitative estimate of drug-likeness (QED) is 0.703. The lowest BCUT2D eigenvalue weighted by Gasteiger charge is -2.09. The normalized spacial score (nSPS) is 11.2. The number of nitrogens with zero attached hydrogens (tertiary/aromatic N) is 2. The maximum absolute atomic E-state index is 14.2. The summed E-state index contributed by atoms with van der Waals surface area (Å²) in [5.74, 6) is 0.296. The predicted octanol–water partition coefficient (Wildman–Crippen LogP) is 4.60. The molecule has 5 heteroatoms. The van der Waals surface area contributed by atoms with E-state index in [2.05, 4.69) is 32.4 Å². The Balaban J connectivity index is 2.27. The van der Waals surface area contributed by atoms with Crippen LogP contribution >= 0.6 is 15.9 Å². The monoisotopic (exact) mass is 347 g/mol. The Morgan fingerprint density at radius 2 is 2.05 bits per heavy atom. The molecule has 2 aromatic carbocycles. The molecular weight excluding hydrogens is 333 g/mol. The number of nitrogens with two attached hydrogens (primary N) is 1. The lowest BCUT2D eigenvalue weighted by molar-refractivity contribution is 0.626. The summed E-state index contributed by atoms with van der Waals surface area (Å²) in [6, 6.07) is 10.6. The van der Waals surface area contributed by atoms with Crippen LogP contribution in [0.3, 0.4) is 0 Å². The summed E-state index contributed by atoms with van der Waals surface area (Å²) in [5, 5.41) is 0. The molecule has 21 heavy (non-hydrogen) atoms. The molecule has 0 aliphatic carbocycles. The van der Waals surface area contributed by atoms with E-state index >= 15 is 0 Å². The number of anilines is 1. The van der Waals surface area contributed by atoms with Crippen molar-refractivity contribution in [3.05, 3.63) is 46.7 Å². The van der Waals surface area contributed by atoms with Gasteiger partial charge in [0.1, 0.15) is 11.6 Å². The smallest absolute Gasteiger partial charge is 0.144 e. The van der Waals surface area contributed by atoms with Crippen LogP contribution in [0.2, 0.25) is 0 Å². The van der Waals surface area contributed by atoms with Crippen LogP contribution in [0, 0.1) is 5.82 Å². The maximum atomic E-state index is 14.2. The molecule has 0 bridgehead atoms. The van der Waals surface area contributed by atoms with Crippen LogP contribution in [-0.2, 0) is 6.54 Å². The number of fused-ring (bicyclic) bond motifs is 1. The summed E-state index contributed by atoms with van der Waals surface area (Å²) in [7, 11) is 0. The van der Waals surface area contributed by atoms with E-state index in [0.717, 1.165) is 28.5 Å². The van der Waals surface area contributed by atoms with Crippen molar-refractivity contribution in [1.82, 2.24) is 9.55 Å². The third-order valence-corrected chi connectivity index (χ3v) is 3.88. The van der Waals surface area contributed by atoms with Gasteiger partial charge in [0.05, 0.1) is 16.6 Å².